The molecule has 3 heterocycles. The Kier molecular flexibility index (Phi) is 5.65. The number of rotatable bonds is 2. The molecule has 1 spiro atoms. The van der Waals surface area contributed by atoms with Crippen molar-refractivity contribution in [2.24, 2.45) is 11.8 Å². The van der Waals surface area contributed by atoms with Gasteiger partial charge in [-0.1, -0.05) is 56.7 Å². The Bertz CT molecular complexity index is 612. The zero-order valence-electron chi connectivity index (χ0n) is 17.6. The Morgan fingerprint density at radius 3 is 2.21 bits per heavy atom. The van der Waals surface area contributed by atoms with E-state index in [1.165, 1.54) is 103 Å². The van der Waals surface area contributed by atoms with Crippen LogP contribution >= 0.6 is 0 Å². The minimum Gasteiger partial charge on any atom is -0.365 e. The second-order valence-corrected chi connectivity index (χ2v) is 9.96. The molecule has 4 aliphatic rings. The highest BCUT2D eigenvalue weighted by atomic mass is 15.3. The van der Waals surface area contributed by atoms with Gasteiger partial charge in [-0.15, -0.1) is 0 Å². The highest BCUT2D eigenvalue weighted by Crippen LogP contribution is 2.49. The fourth-order valence-corrected chi connectivity index (χ4v) is 7.03. The van der Waals surface area contributed by atoms with Gasteiger partial charge in [0, 0.05) is 55.9 Å². The van der Waals surface area contributed by atoms with Gasteiger partial charge in [0.05, 0.1) is 0 Å². The molecule has 1 saturated carbocycles. The number of piperidine rings is 1. The van der Waals surface area contributed by atoms with E-state index in [9.17, 15) is 0 Å². The summed E-state index contributed by atoms with van der Waals surface area (Å²) in [5.41, 5.74) is 1.86. The number of anilines is 1. The first-order valence-corrected chi connectivity index (χ1v) is 12.1. The summed E-state index contributed by atoms with van der Waals surface area (Å²) in [6.07, 6.45) is 14.4. The molecule has 4 fully saturated rings. The van der Waals surface area contributed by atoms with Gasteiger partial charge >= 0.3 is 0 Å². The van der Waals surface area contributed by atoms with Gasteiger partial charge in [0.1, 0.15) is 0 Å². The minimum absolute atomic E-state index is 0.393. The summed E-state index contributed by atoms with van der Waals surface area (Å²) in [5, 5.41) is 3.72. The van der Waals surface area contributed by atoms with Crippen LogP contribution in [0.4, 0.5) is 5.69 Å². The topological polar surface area (TPSA) is 18.5 Å². The molecule has 0 aromatic heterocycles. The second kappa shape index (κ2) is 8.36. The van der Waals surface area contributed by atoms with Crippen molar-refractivity contribution in [1.29, 1.82) is 0 Å². The summed E-state index contributed by atoms with van der Waals surface area (Å²) in [6, 6.07) is 12.2. The molecule has 3 aliphatic heterocycles. The number of benzene rings is 1. The van der Waals surface area contributed by atoms with Crippen LogP contribution in [-0.2, 0) is 0 Å². The summed E-state index contributed by atoms with van der Waals surface area (Å²) in [6.45, 7) is 6.35. The van der Waals surface area contributed by atoms with Crippen molar-refractivity contribution in [2.75, 3.05) is 37.6 Å². The van der Waals surface area contributed by atoms with Crippen molar-refractivity contribution in [3.05, 3.63) is 30.3 Å². The van der Waals surface area contributed by atoms with Crippen molar-refractivity contribution in [2.45, 2.75) is 75.8 Å². The molecular weight excluding hydrogens is 342 g/mol. The number of nitrogens with zero attached hydrogens (tertiary/aromatic N) is 2. The van der Waals surface area contributed by atoms with Crippen LogP contribution in [0.3, 0.4) is 0 Å². The molecular formula is C25H39N3. The molecule has 1 aromatic carbocycles. The lowest BCUT2D eigenvalue weighted by molar-refractivity contribution is 0.0865. The van der Waals surface area contributed by atoms with Gasteiger partial charge in [-0.2, -0.15) is 0 Å². The summed E-state index contributed by atoms with van der Waals surface area (Å²) in [7, 11) is 0. The van der Waals surface area contributed by atoms with Crippen LogP contribution in [0.5, 0.6) is 0 Å². The molecule has 0 radical (unpaired) electrons. The summed E-state index contributed by atoms with van der Waals surface area (Å²) < 4.78 is 0. The fraction of sp³-hybridized carbons (Fsp3) is 0.760. The summed E-state index contributed by atoms with van der Waals surface area (Å²) >= 11 is 0. The van der Waals surface area contributed by atoms with Crippen molar-refractivity contribution in [1.82, 2.24) is 10.2 Å². The monoisotopic (exact) mass is 381 g/mol. The van der Waals surface area contributed by atoms with E-state index in [0.717, 1.165) is 17.9 Å². The second-order valence-electron chi connectivity index (χ2n) is 9.96. The Labute approximate surface area is 171 Å². The third-order valence-electron chi connectivity index (χ3n) is 8.56. The predicted octanol–water partition coefficient (Wildman–Crippen LogP) is 4.68. The Morgan fingerprint density at radius 1 is 0.821 bits per heavy atom. The summed E-state index contributed by atoms with van der Waals surface area (Å²) in [5.74, 6) is 1.69. The van der Waals surface area contributed by atoms with Crippen molar-refractivity contribution in [3.63, 3.8) is 0 Å². The molecule has 0 amide bonds. The van der Waals surface area contributed by atoms with Crippen molar-refractivity contribution in [3.8, 4) is 0 Å². The molecule has 1 N–H and O–H groups in total. The average Bonchev–Trinajstić information content (AvgIpc) is 3.35. The van der Waals surface area contributed by atoms with Crippen LogP contribution in [-0.4, -0.2) is 49.2 Å². The average molecular weight is 382 g/mol. The highest BCUT2D eigenvalue weighted by molar-refractivity contribution is 5.52. The smallest absolute Gasteiger partial charge is 0.0470 e. The van der Waals surface area contributed by atoms with Gasteiger partial charge in [-0.05, 0) is 43.7 Å². The molecule has 3 saturated heterocycles. The SMILES string of the molecule is c1ccc(N2C[C@H]3CNC[C@H]3C23CCN(C2CCCCCCCC2)CC3)cc1. The molecule has 1 aromatic rings. The number of para-hydroxylation sites is 1. The van der Waals surface area contributed by atoms with E-state index < -0.39 is 0 Å². The molecule has 2 atom stereocenters. The number of fused-ring (bicyclic) bond motifs is 2. The maximum Gasteiger partial charge on any atom is 0.0470 e. The molecule has 0 bridgehead atoms. The van der Waals surface area contributed by atoms with Crippen LogP contribution in [0, 0.1) is 11.8 Å². The van der Waals surface area contributed by atoms with E-state index in [2.05, 4.69) is 45.4 Å². The van der Waals surface area contributed by atoms with Gasteiger partial charge in [0.2, 0.25) is 0 Å². The van der Waals surface area contributed by atoms with Crippen molar-refractivity contribution >= 4 is 5.69 Å². The van der Waals surface area contributed by atoms with Gasteiger partial charge in [-0.25, -0.2) is 0 Å². The third kappa shape index (κ3) is 3.50. The molecule has 28 heavy (non-hydrogen) atoms. The van der Waals surface area contributed by atoms with Crippen LogP contribution in [0.25, 0.3) is 0 Å². The number of hydrogen-bond acceptors (Lipinski definition) is 3. The summed E-state index contributed by atoms with van der Waals surface area (Å²) in [4.78, 5) is 5.74. The molecule has 0 unspecified atom stereocenters. The number of likely N-dealkylation sites (tertiary alicyclic amines) is 1. The minimum atomic E-state index is 0.393. The van der Waals surface area contributed by atoms with Crippen LogP contribution in [0.15, 0.2) is 30.3 Å². The van der Waals surface area contributed by atoms with E-state index in [1.807, 2.05) is 0 Å². The lowest BCUT2D eigenvalue weighted by Gasteiger charge is -2.50. The molecule has 3 nitrogen and oxygen atoms in total. The number of hydrogen-bond donors (Lipinski definition) is 1. The van der Waals surface area contributed by atoms with Crippen molar-refractivity contribution < 1.29 is 0 Å². The number of nitrogens with one attached hydrogen (secondary N) is 1. The first-order chi connectivity index (χ1) is 13.9. The van der Waals surface area contributed by atoms with E-state index in [1.54, 1.807) is 0 Å². The van der Waals surface area contributed by atoms with Crippen LogP contribution in [0.1, 0.15) is 64.2 Å². The Morgan fingerprint density at radius 2 is 1.50 bits per heavy atom. The van der Waals surface area contributed by atoms with Crippen LogP contribution < -0.4 is 10.2 Å². The van der Waals surface area contributed by atoms with Gasteiger partial charge in [0.15, 0.2) is 0 Å². The van der Waals surface area contributed by atoms with E-state index in [4.69, 9.17) is 0 Å². The Balaban J connectivity index is 1.32. The maximum absolute atomic E-state index is 3.72. The third-order valence-corrected chi connectivity index (χ3v) is 8.56. The first kappa shape index (κ1) is 18.9. The molecule has 1 aliphatic carbocycles. The molecule has 3 heteroatoms. The lowest BCUT2D eigenvalue weighted by atomic mass is 9.74. The highest BCUT2D eigenvalue weighted by Gasteiger charge is 2.56. The van der Waals surface area contributed by atoms with E-state index >= 15 is 0 Å². The van der Waals surface area contributed by atoms with E-state index in [0.29, 0.717) is 5.54 Å². The predicted molar refractivity (Wildman–Crippen MR) is 118 cm³/mol. The van der Waals surface area contributed by atoms with Gasteiger partial charge in [-0.3, -0.25) is 0 Å². The van der Waals surface area contributed by atoms with Crippen LogP contribution in [0.2, 0.25) is 0 Å². The van der Waals surface area contributed by atoms with Gasteiger partial charge < -0.3 is 15.1 Å². The van der Waals surface area contributed by atoms with Gasteiger partial charge in [0.25, 0.3) is 0 Å². The zero-order chi connectivity index (χ0) is 18.8. The quantitative estimate of drug-likeness (QED) is 0.802. The van der Waals surface area contributed by atoms with E-state index in [-0.39, 0.29) is 0 Å². The lowest BCUT2D eigenvalue weighted by Crippen LogP contribution is -2.58. The standard InChI is InChI=1S/C25H39N3/c1-2-4-7-11-22(10-6-3-1)27-16-14-25(15-17-27)24-19-26-18-21(24)20-28(25)23-12-8-5-9-13-23/h5,8-9,12-13,21-22,24,26H,1-4,6-7,10-11,14-20H2/t21-,24-/m1/s1. The largest absolute Gasteiger partial charge is 0.365 e. The maximum atomic E-state index is 3.72. The zero-order valence-corrected chi connectivity index (χ0v) is 17.6. The normalized spacial score (nSPS) is 32.1. The Hall–Kier alpha value is -1.06. The first-order valence-electron chi connectivity index (χ1n) is 12.1. The fourth-order valence-electron chi connectivity index (χ4n) is 7.03. The molecule has 5 rings (SSSR count). The molecule has 154 valence electrons.